The Morgan fingerprint density at radius 1 is 1.09 bits per heavy atom. The summed E-state index contributed by atoms with van der Waals surface area (Å²) in [6, 6.07) is 17.4. The molecule has 114 valence electrons. The lowest BCUT2D eigenvalue weighted by Crippen LogP contribution is -2.32. The SMILES string of the molecule is CCOC(=NCc1ccccc1)NC(=O)c1ccc(C)cc1. The van der Waals surface area contributed by atoms with Gasteiger partial charge in [0.1, 0.15) is 0 Å². The van der Waals surface area contributed by atoms with Crippen LogP contribution in [0.3, 0.4) is 0 Å². The highest BCUT2D eigenvalue weighted by atomic mass is 16.5. The normalized spacial score (nSPS) is 11.1. The van der Waals surface area contributed by atoms with E-state index in [0.717, 1.165) is 11.1 Å². The van der Waals surface area contributed by atoms with Gasteiger partial charge in [-0.25, -0.2) is 4.99 Å². The van der Waals surface area contributed by atoms with Crippen LogP contribution in [0.15, 0.2) is 59.6 Å². The first kappa shape index (κ1) is 15.8. The number of aliphatic imine (C=N–C) groups is 1. The number of nitrogens with one attached hydrogen (secondary N) is 1. The minimum Gasteiger partial charge on any atom is -0.465 e. The molecule has 0 aliphatic rings. The Kier molecular flexibility index (Phi) is 5.72. The number of carbonyl (C=O) groups excluding carboxylic acids is 1. The van der Waals surface area contributed by atoms with Crippen LogP contribution >= 0.6 is 0 Å². The number of ether oxygens (including phenoxy) is 1. The van der Waals surface area contributed by atoms with Crippen LogP contribution in [0.4, 0.5) is 0 Å². The maximum absolute atomic E-state index is 12.2. The summed E-state index contributed by atoms with van der Waals surface area (Å²) >= 11 is 0. The molecule has 2 rings (SSSR count). The van der Waals surface area contributed by atoms with E-state index in [-0.39, 0.29) is 11.9 Å². The first-order valence-corrected chi connectivity index (χ1v) is 7.28. The van der Waals surface area contributed by atoms with E-state index in [1.165, 1.54) is 0 Å². The number of amides is 1. The Balaban J connectivity index is 2.04. The molecule has 0 saturated carbocycles. The molecule has 0 aliphatic carbocycles. The Labute approximate surface area is 130 Å². The van der Waals surface area contributed by atoms with Crippen molar-refractivity contribution in [2.24, 2.45) is 4.99 Å². The van der Waals surface area contributed by atoms with Crippen molar-refractivity contribution in [2.75, 3.05) is 6.61 Å². The van der Waals surface area contributed by atoms with Crippen molar-refractivity contribution in [1.29, 1.82) is 0 Å². The summed E-state index contributed by atoms with van der Waals surface area (Å²) in [7, 11) is 0. The topological polar surface area (TPSA) is 50.7 Å². The molecule has 22 heavy (non-hydrogen) atoms. The zero-order valence-electron chi connectivity index (χ0n) is 12.9. The molecule has 2 aromatic rings. The molecule has 0 saturated heterocycles. The summed E-state index contributed by atoms with van der Waals surface area (Å²) in [5.74, 6) is -0.222. The smallest absolute Gasteiger partial charge is 0.292 e. The molecule has 0 heterocycles. The van der Waals surface area contributed by atoms with Crippen LogP contribution in [-0.2, 0) is 11.3 Å². The molecule has 1 amide bonds. The quantitative estimate of drug-likeness (QED) is 0.695. The van der Waals surface area contributed by atoms with Crippen molar-refractivity contribution in [2.45, 2.75) is 20.4 Å². The van der Waals surface area contributed by atoms with E-state index in [4.69, 9.17) is 4.74 Å². The number of benzene rings is 2. The van der Waals surface area contributed by atoms with Gasteiger partial charge in [-0.3, -0.25) is 10.1 Å². The van der Waals surface area contributed by atoms with Gasteiger partial charge >= 0.3 is 0 Å². The fraction of sp³-hybridized carbons (Fsp3) is 0.222. The van der Waals surface area contributed by atoms with Gasteiger partial charge < -0.3 is 4.74 Å². The maximum Gasteiger partial charge on any atom is 0.292 e. The Hall–Kier alpha value is -2.62. The molecular weight excluding hydrogens is 276 g/mol. The van der Waals surface area contributed by atoms with Crippen LogP contribution in [0, 0.1) is 6.92 Å². The third-order valence-electron chi connectivity index (χ3n) is 3.06. The molecule has 0 unspecified atom stereocenters. The summed E-state index contributed by atoms with van der Waals surface area (Å²) in [5, 5.41) is 2.71. The van der Waals surface area contributed by atoms with Crippen LogP contribution in [0.1, 0.15) is 28.4 Å². The molecule has 0 aromatic heterocycles. The minimum atomic E-state index is -0.222. The second-order valence-electron chi connectivity index (χ2n) is 4.86. The van der Waals surface area contributed by atoms with E-state index in [9.17, 15) is 4.79 Å². The molecule has 0 spiro atoms. The van der Waals surface area contributed by atoms with E-state index < -0.39 is 0 Å². The molecule has 4 heteroatoms. The van der Waals surface area contributed by atoms with Crippen LogP contribution < -0.4 is 5.32 Å². The zero-order chi connectivity index (χ0) is 15.8. The molecule has 0 atom stereocenters. The van der Waals surface area contributed by atoms with Crippen molar-refractivity contribution in [3.63, 3.8) is 0 Å². The van der Waals surface area contributed by atoms with E-state index in [1.54, 1.807) is 12.1 Å². The molecule has 1 N–H and O–H groups in total. The second-order valence-corrected chi connectivity index (χ2v) is 4.86. The number of carbonyl (C=O) groups is 1. The van der Waals surface area contributed by atoms with Gasteiger partial charge in [0.2, 0.25) is 0 Å². The van der Waals surface area contributed by atoms with Gasteiger partial charge in [0.15, 0.2) is 0 Å². The molecule has 2 aromatic carbocycles. The Morgan fingerprint density at radius 2 is 1.77 bits per heavy atom. The lowest BCUT2D eigenvalue weighted by molar-refractivity contribution is 0.0966. The summed E-state index contributed by atoms with van der Waals surface area (Å²) in [4.78, 5) is 16.5. The average molecular weight is 296 g/mol. The van der Waals surface area contributed by atoms with Crippen molar-refractivity contribution < 1.29 is 9.53 Å². The first-order valence-electron chi connectivity index (χ1n) is 7.28. The van der Waals surface area contributed by atoms with Crippen LogP contribution in [-0.4, -0.2) is 18.5 Å². The summed E-state index contributed by atoms with van der Waals surface area (Å²) < 4.78 is 5.40. The number of amidine groups is 1. The first-order chi connectivity index (χ1) is 10.7. The van der Waals surface area contributed by atoms with Crippen molar-refractivity contribution in [1.82, 2.24) is 5.32 Å². The summed E-state index contributed by atoms with van der Waals surface area (Å²) in [6.07, 6.45) is 0. The molecule has 4 nitrogen and oxygen atoms in total. The molecule has 0 aliphatic heterocycles. The van der Waals surface area contributed by atoms with Crippen LogP contribution in [0.2, 0.25) is 0 Å². The lowest BCUT2D eigenvalue weighted by Gasteiger charge is -2.09. The third-order valence-corrected chi connectivity index (χ3v) is 3.06. The number of rotatable bonds is 4. The fourth-order valence-electron chi connectivity index (χ4n) is 1.88. The van der Waals surface area contributed by atoms with Gasteiger partial charge in [-0.15, -0.1) is 0 Å². The highest BCUT2D eigenvalue weighted by Gasteiger charge is 2.09. The summed E-state index contributed by atoms with van der Waals surface area (Å²) in [6.45, 7) is 4.75. The van der Waals surface area contributed by atoms with Gasteiger partial charge in [-0.1, -0.05) is 48.0 Å². The number of hydrogen-bond donors (Lipinski definition) is 1. The van der Waals surface area contributed by atoms with Crippen molar-refractivity contribution in [3.05, 3.63) is 71.3 Å². The second kappa shape index (κ2) is 7.98. The van der Waals surface area contributed by atoms with Crippen molar-refractivity contribution >= 4 is 11.9 Å². The van der Waals surface area contributed by atoms with E-state index >= 15 is 0 Å². The highest BCUT2D eigenvalue weighted by molar-refractivity contribution is 6.04. The molecule has 0 fully saturated rings. The average Bonchev–Trinajstić information content (AvgIpc) is 2.54. The van der Waals surface area contributed by atoms with Gasteiger partial charge in [-0.2, -0.15) is 0 Å². The molecule has 0 bridgehead atoms. The fourth-order valence-corrected chi connectivity index (χ4v) is 1.88. The minimum absolute atomic E-state index is 0.222. The summed E-state index contributed by atoms with van der Waals surface area (Å²) in [5.41, 5.74) is 2.75. The largest absolute Gasteiger partial charge is 0.465 e. The third kappa shape index (κ3) is 4.74. The number of nitrogens with zero attached hydrogens (tertiary/aromatic N) is 1. The van der Waals surface area contributed by atoms with Gasteiger partial charge in [0.25, 0.3) is 11.9 Å². The standard InChI is InChI=1S/C18H20N2O2/c1-3-22-18(19-13-15-7-5-4-6-8-15)20-17(21)16-11-9-14(2)10-12-16/h4-12H,3,13H2,1-2H3,(H,19,20,21). The number of aryl methyl sites for hydroxylation is 1. The van der Waals surface area contributed by atoms with E-state index in [2.05, 4.69) is 10.3 Å². The Bertz CT molecular complexity index is 634. The number of hydrogen-bond acceptors (Lipinski definition) is 3. The van der Waals surface area contributed by atoms with E-state index in [0.29, 0.717) is 18.7 Å². The monoisotopic (exact) mass is 296 g/mol. The predicted molar refractivity (Wildman–Crippen MR) is 87.9 cm³/mol. The van der Waals surface area contributed by atoms with Gasteiger partial charge in [0, 0.05) is 5.56 Å². The van der Waals surface area contributed by atoms with E-state index in [1.807, 2.05) is 56.3 Å². The highest BCUT2D eigenvalue weighted by Crippen LogP contribution is 2.04. The van der Waals surface area contributed by atoms with Crippen molar-refractivity contribution in [3.8, 4) is 0 Å². The molecular formula is C18H20N2O2. The zero-order valence-corrected chi connectivity index (χ0v) is 12.9. The van der Waals surface area contributed by atoms with Gasteiger partial charge in [-0.05, 0) is 31.5 Å². The molecule has 0 radical (unpaired) electrons. The van der Waals surface area contributed by atoms with Crippen LogP contribution in [0.25, 0.3) is 0 Å². The lowest BCUT2D eigenvalue weighted by atomic mass is 10.1. The Morgan fingerprint density at radius 3 is 2.41 bits per heavy atom. The predicted octanol–water partition coefficient (Wildman–Crippen LogP) is 3.32. The maximum atomic E-state index is 12.2. The van der Waals surface area contributed by atoms with Gasteiger partial charge in [0.05, 0.1) is 13.2 Å². The van der Waals surface area contributed by atoms with Crippen LogP contribution in [0.5, 0.6) is 0 Å².